The maximum absolute atomic E-state index is 13.0. The minimum atomic E-state index is -0.369. The molecular weight excluding hydrogens is 378 g/mol. The topological polar surface area (TPSA) is 54.9 Å². The molecule has 4 heterocycles. The van der Waals surface area contributed by atoms with Gasteiger partial charge in [0.25, 0.3) is 5.91 Å². The second kappa shape index (κ2) is 8.00. The van der Waals surface area contributed by atoms with E-state index >= 15 is 0 Å². The van der Waals surface area contributed by atoms with Crippen LogP contribution in [0.2, 0.25) is 0 Å². The van der Waals surface area contributed by atoms with Crippen LogP contribution in [0.4, 0.5) is 0 Å². The zero-order valence-electron chi connectivity index (χ0n) is 17.5. The fourth-order valence-corrected chi connectivity index (χ4v) is 5.08. The van der Waals surface area contributed by atoms with Crippen molar-refractivity contribution in [3.63, 3.8) is 0 Å². The molecule has 1 aromatic carbocycles. The van der Waals surface area contributed by atoms with E-state index in [4.69, 9.17) is 9.47 Å². The third kappa shape index (κ3) is 3.70. The van der Waals surface area contributed by atoms with Gasteiger partial charge in [0.1, 0.15) is 5.75 Å². The highest BCUT2D eigenvalue weighted by atomic mass is 16.5. The number of hydrogen-bond acceptors (Lipinski definition) is 5. The molecule has 0 saturated carbocycles. The van der Waals surface area contributed by atoms with Crippen molar-refractivity contribution < 1.29 is 14.3 Å². The van der Waals surface area contributed by atoms with Crippen LogP contribution in [0.25, 0.3) is 0 Å². The largest absolute Gasteiger partial charge is 0.480 e. The van der Waals surface area contributed by atoms with E-state index in [9.17, 15) is 4.79 Å². The van der Waals surface area contributed by atoms with Crippen LogP contribution in [0.5, 0.6) is 5.75 Å². The van der Waals surface area contributed by atoms with Crippen molar-refractivity contribution in [3.05, 3.63) is 59.9 Å². The SMILES string of the molecule is CN1CCC(COCc2ccccn2)CC12CN(C(=O)C1Cc3ccccc3O1)C2. The van der Waals surface area contributed by atoms with Gasteiger partial charge in [-0.1, -0.05) is 24.3 Å². The molecule has 2 saturated heterocycles. The van der Waals surface area contributed by atoms with Gasteiger partial charge in [0, 0.05) is 25.7 Å². The number of benzene rings is 1. The lowest BCUT2D eigenvalue weighted by Gasteiger charge is -2.58. The van der Waals surface area contributed by atoms with Gasteiger partial charge in [0.15, 0.2) is 6.10 Å². The van der Waals surface area contributed by atoms with Crippen LogP contribution in [0.15, 0.2) is 48.7 Å². The Morgan fingerprint density at radius 3 is 2.87 bits per heavy atom. The van der Waals surface area contributed by atoms with Gasteiger partial charge in [0.05, 0.1) is 24.4 Å². The van der Waals surface area contributed by atoms with Crippen molar-refractivity contribution in [1.29, 1.82) is 0 Å². The summed E-state index contributed by atoms with van der Waals surface area (Å²) < 4.78 is 11.9. The minimum Gasteiger partial charge on any atom is -0.480 e. The molecule has 2 fully saturated rings. The predicted octanol–water partition coefficient (Wildman–Crippen LogP) is 2.52. The number of ether oxygens (including phenoxy) is 2. The molecule has 3 aliphatic rings. The number of nitrogens with zero attached hydrogens (tertiary/aromatic N) is 3. The quantitative estimate of drug-likeness (QED) is 0.762. The number of carbonyl (C=O) groups is 1. The summed E-state index contributed by atoms with van der Waals surface area (Å²) in [6.45, 7) is 3.93. The standard InChI is InChI=1S/C24H29N3O3/c1-26-11-9-18(14-29-15-20-7-4-5-10-25-20)13-24(26)16-27(17-24)23(28)22-12-19-6-2-3-8-21(19)30-22/h2-8,10,18,22H,9,11-17H2,1H3. The number of likely N-dealkylation sites (tertiary alicyclic amines) is 2. The molecule has 30 heavy (non-hydrogen) atoms. The normalized spacial score (nSPS) is 24.9. The van der Waals surface area contributed by atoms with Crippen molar-refractivity contribution in [2.75, 3.05) is 33.3 Å². The number of fused-ring (bicyclic) bond motifs is 1. The lowest BCUT2D eigenvalue weighted by Crippen LogP contribution is -2.73. The molecule has 158 valence electrons. The summed E-state index contributed by atoms with van der Waals surface area (Å²) in [5.74, 6) is 1.50. The highest BCUT2D eigenvalue weighted by Crippen LogP contribution is 2.39. The molecule has 0 radical (unpaired) electrons. The number of rotatable bonds is 5. The van der Waals surface area contributed by atoms with E-state index in [2.05, 4.69) is 16.9 Å². The smallest absolute Gasteiger partial charge is 0.264 e. The monoisotopic (exact) mass is 407 g/mol. The summed E-state index contributed by atoms with van der Waals surface area (Å²) in [6, 6.07) is 13.9. The molecule has 1 amide bonds. The zero-order valence-corrected chi connectivity index (χ0v) is 17.5. The van der Waals surface area contributed by atoms with E-state index in [-0.39, 0.29) is 17.6 Å². The number of aromatic nitrogens is 1. The number of hydrogen-bond donors (Lipinski definition) is 0. The number of piperidine rings is 1. The number of amides is 1. The Balaban J connectivity index is 1.13. The summed E-state index contributed by atoms with van der Waals surface area (Å²) in [6.07, 6.45) is 4.32. The molecule has 5 rings (SSSR count). The average molecular weight is 408 g/mol. The Morgan fingerprint density at radius 2 is 2.07 bits per heavy atom. The van der Waals surface area contributed by atoms with Crippen molar-refractivity contribution in [2.24, 2.45) is 5.92 Å². The Kier molecular flexibility index (Phi) is 5.21. The van der Waals surface area contributed by atoms with E-state index in [0.717, 1.165) is 56.1 Å². The van der Waals surface area contributed by atoms with Gasteiger partial charge in [-0.2, -0.15) is 0 Å². The zero-order chi connectivity index (χ0) is 20.6. The molecule has 0 N–H and O–H groups in total. The fraction of sp³-hybridized carbons (Fsp3) is 0.500. The first-order chi connectivity index (χ1) is 14.6. The first kappa shape index (κ1) is 19.5. The van der Waals surface area contributed by atoms with Gasteiger partial charge in [-0.15, -0.1) is 0 Å². The van der Waals surface area contributed by atoms with Crippen LogP contribution in [-0.4, -0.2) is 65.6 Å². The second-order valence-corrected chi connectivity index (χ2v) is 8.95. The van der Waals surface area contributed by atoms with Crippen LogP contribution < -0.4 is 4.74 Å². The molecule has 2 aromatic rings. The molecule has 0 bridgehead atoms. The second-order valence-electron chi connectivity index (χ2n) is 8.95. The molecule has 1 aromatic heterocycles. The first-order valence-corrected chi connectivity index (χ1v) is 10.9. The van der Waals surface area contributed by atoms with Crippen LogP contribution in [0.1, 0.15) is 24.1 Å². The lowest BCUT2D eigenvalue weighted by molar-refractivity contribution is -0.157. The number of para-hydroxylation sites is 1. The van der Waals surface area contributed by atoms with Crippen LogP contribution in [0, 0.1) is 5.92 Å². The van der Waals surface area contributed by atoms with Crippen molar-refractivity contribution in [1.82, 2.24) is 14.8 Å². The summed E-state index contributed by atoms with van der Waals surface area (Å²) in [5.41, 5.74) is 2.18. The average Bonchev–Trinajstić information content (AvgIpc) is 3.18. The van der Waals surface area contributed by atoms with E-state index in [0.29, 0.717) is 18.9 Å². The van der Waals surface area contributed by atoms with Crippen LogP contribution in [-0.2, 0) is 22.6 Å². The van der Waals surface area contributed by atoms with Gasteiger partial charge in [-0.3, -0.25) is 14.7 Å². The lowest BCUT2D eigenvalue weighted by atomic mass is 9.75. The van der Waals surface area contributed by atoms with Crippen molar-refractivity contribution >= 4 is 5.91 Å². The third-order valence-electron chi connectivity index (χ3n) is 6.89. The van der Waals surface area contributed by atoms with Crippen LogP contribution in [0.3, 0.4) is 0 Å². The summed E-state index contributed by atoms with van der Waals surface area (Å²) in [7, 11) is 2.19. The summed E-state index contributed by atoms with van der Waals surface area (Å²) in [4.78, 5) is 21.7. The summed E-state index contributed by atoms with van der Waals surface area (Å²) >= 11 is 0. The molecule has 3 aliphatic heterocycles. The van der Waals surface area contributed by atoms with Gasteiger partial charge in [-0.05, 0) is 56.1 Å². The van der Waals surface area contributed by atoms with Gasteiger partial charge >= 0.3 is 0 Å². The first-order valence-electron chi connectivity index (χ1n) is 10.9. The number of pyridine rings is 1. The molecular formula is C24H29N3O3. The summed E-state index contributed by atoms with van der Waals surface area (Å²) in [5, 5.41) is 0. The van der Waals surface area contributed by atoms with E-state index in [1.54, 1.807) is 6.20 Å². The Bertz CT molecular complexity index is 873. The molecule has 6 nitrogen and oxygen atoms in total. The fourth-order valence-electron chi connectivity index (χ4n) is 5.08. The van der Waals surface area contributed by atoms with Crippen molar-refractivity contribution in [2.45, 2.75) is 37.5 Å². The Hall–Kier alpha value is -2.44. The van der Waals surface area contributed by atoms with Gasteiger partial charge in [0.2, 0.25) is 0 Å². The van der Waals surface area contributed by atoms with E-state index in [1.165, 1.54) is 0 Å². The molecule has 2 atom stereocenters. The maximum atomic E-state index is 13.0. The number of likely N-dealkylation sites (N-methyl/N-ethyl adjacent to an activating group) is 1. The Morgan fingerprint density at radius 1 is 1.23 bits per heavy atom. The Labute approximate surface area is 177 Å². The predicted molar refractivity (Wildman–Crippen MR) is 113 cm³/mol. The van der Waals surface area contributed by atoms with E-state index < -0.39 is 0 Å². The highest BCUT2D eigenvalue weighted by molar-refractivity contribution is 5.83. The third-order valence-corrected chi connectivity index (χ3v) is 6.89. The molecule has 2 unspecified atom stereocenters. The van der Waals surface area contributed by atoms with E-state index in [1.807, 2.05) is 47.4 Å². The van der Waals surface area contributed by atoms with Gasteiger partial charge in [-0.25, -0.2) is 0 Å². The molecule has 0 aliphatic carbocycles. The highest BCUT2D eigenvalue weighted by Gasteiger charge is 2.52. The van der Waals surface area contributed by atoms with Gasteiger partial charge < -0.3 is 14.4 Å². The number of carbonyl (C=O) groups excluding carboxylic acids is 1. The molecule has 1 spiro atoms. The molecule has 6 heteroatoms. The minimum absolute atomic E-state index is 0.0817. The van der Waals surface area contributed by atoms with Crippen LogP contribution >= 0.6 is 0 Å². The maximum Gasteiger partial charge on any atom is 0.264 e. The van der Waals surface area contributed by atoms with Crippen molar-refractivity contribution in [3.8, 4) is 5.75 Å².